The molecule has 2 rings (SSSR count). The number of hydrogen-bond acceptors (Lipinski definition) is 4. The summed E-state index contributed by atoms with van der Waals surface area (Å²) < 4.78 is 65.2. The van der Waals surface area contributed by atoms with Gasteiger partial charge in [0.15, 0.2) is 0 Å². The standard InChI is InChI=1S/C17H16O6S2/c1-3-12-5-7-16(24(18,19)20)14(9-12)11-15-10-13(4-2)6-8-17(15)25(21,22)23/h3-10H,1-2,11H2,(H,18,19,20)(H,21,22,23). The maximum atomic E-state index is 11.6. The van der Waals surface area contributed by atoms with Crippen LogP contribution >= 0.6 is 0 Å². The van der Waals surface area contributed by atoms with Gasteiger partial charge in [-0.3, -0.25) is 9.11 Å². The molecule has 25 heavy (non-hydrogen) atoms. The van der Waals surface area contributed by atoms with Crippen molar-refractivity contribution >= 4 is 32.4 Å². The Morgan fingerprint density at radius 3 is 1.40 bits per heavy atom. The van der Waals surface area contributed by atoms with Crippen molar-refractivity contribution in [3.8, 4) is 0 Å². The highest BCUT2D eigenvalue weighted by molar-refractivity contribution is 7.86. The van der Waals surface area contributed by atoms with Crippen LogP contribution in [0.4, 0.5) is 0 Å². The lowest BCUT2D eigenvalue weighted by Gasteiger charge is -2.12. The molecule has 0 atom stereocenters. The molecular formula is C17H16O6S2. The van der Waals surface area contributed by atoms with Gasteiger partial charge in [-0.2, -0.15) is 16.8 Å². The second-order valence-corrected chi connectivity index (χ2v) is 8.05. The van der Waals surface area contributed by atoms with Crippen molar-refractivity contribution in [3.05, 3.63) is 71.8 Å². The Kier molecular flexibility index (Phi) is 5.28. The molecule has 0 aliphatic rings. The fourth-order valence-electron chi connectivity index (χ4n) is 2.44. The summed E-state index contributed by atoms with van der Waals surface area (Å²) in [6.45, 7) is 7.19. The van der Waals surface area contributed by atoms with E-state index in [9.17, 15) is 25.9 Å². The van der Waals surface area contributed by atoms with Crippen molar-refractivity contribution in [3.63, 3.8) is 0 Å². The normalized spacial score (nSPS) is 11.9. The lowest BCUT2D eigenvalue weighted by Crippen LogP contribution is -2.08. The van der Waals surface area contributed by atoms with E-state index in [0.717, 1.165) is 0 Å². The van der Waals surface area contributed by atoms with Gasteiger partial charge in [0.2, 0.25) is 0 Å². The van der Waals surface area contributed by atoms with Crippen molar-refractivity contribution in [1.82, 2.24) is 0 Å². The molecule has 0 saturated carbocycles. The second kappa shape index (κ2) is 6.93. The molecule has 0 aliphatic carbocycles. The number of hydrogen-bond donors (Lipinski definition) is 2. The Balaban J connectivity index is 2.71. The fourth-order valence-corrected chi connectivity index (χ4v) is 3.84. The van der Waals surface area contributed by atoms with Gasteiger partial charge in [0.05, 0.1) is 9.79 Å². The summed E-state index contributed by atoms with van der Waals surface area (Å²) in [6, 6.07) is 8.31. The topological polar surface area (TPSA) is 109 Å². The minimum Gasteiger partial charge on any atom is -0.282 e. The third kappa shape index (κ3) is 4.43. The van der Waals surface area contributed by atoms with Crippen LogP contribution < -0.4 is 0 Å². The molecule has 132 valence electrons. The Hall–Kier alpha value is -2.26. The molecule has 0 amide bonds. The predicted molar refractivity (Wildman–Crippen MR) is 95.5 cm³/mol. The van der Waals surface area contributed by atoms with Crippen molar-refractivity contribution in [2.75, 3.05) is 0 Å². The SMILES string of the molecule is C=Cc1ccc(S(=O)(=O)O)c(Cc2cc(C=C)ccc2S(=O)(=O)O)c1. The third-order valence-electron chi connectivity index (χ3n) is 3.58. The van der Waals surface area contributed by atoms with E-state index in [1.54, 1.807) is 0 Å². The minimum absolute atomic E-state index is 0.145. The monoisotopic (exact) mass is 380 g/mol. The van der Waals surface area contributed by atoms with Crippen LogP contribution in [0.15, 0.2) is 59.3 Å². The number of rotatable bonds is 6. The summed E-state index contributed by atoms with van der Waals surface area (Å²) >= 11 is 0. The van der Waals surface area contributed by atoms with Crippen molar-refractivity contribution in [2.24, 2.45) is 0 Å². The van der Waals surface area contributed by atoms with E-state index in [1.807, 2.05) is 0 Å². The van der Waals surface area contributed by atoms with Crippen LogP contribution in [0, 0.1) is 0 Å². The van der Waals surface area contributed by atoms with Crippen LogP contribution in [0.2, 0.25) is 0 Å². The summed E-state index contributed by atoms with van der Waals surface area (Å²) in [6.07, 6.45) is 2.83. The van der Waals surface area contributed by atoms with Crippen LogP contribution in [-0.4, -0.2) is 25.9 Å². The predicted octanol–water partition coefficient (Wildman–Crippen LogP) is 3.06. The average molecular weight is 380 g/mol. The lowest BCUT2D eigenvalue weighted by atomic mass is 10.0. The summed E-state index contributed by atoms with van der Waals surface area (Å²) in [4.78, 5) is -0.688. The van der Waals surface area contributed by atoms with E-state index in [0.29, 0.717) is 11.1 Å². The van der Waals surface area contributed by atoms with Gasteiger partial charge in [-0.05, 0) is 34.4 Å². The van der Waals surface area contributed by atoms with Gasteiger partial charge < -0.3 is 0 Å². The molecule has 0 saturated heterocycles. The largest absolute Gasteiger partial charge is 0.294 e. The van der Waals surface area contributed by atoms with E-state index < -0.39 is 20.2 Å². The summed E-state index contributed by atoms with van der Waals surface area (Å²) in [5, 5.41) is 0. The molecule has 0 fully saturated rings. The van der Waals surface area contributed by atoms with E-state index in [-0.39, 0.29) is 27.3 Å². The van der Waals surface area contributed by atoms with Crippen LogP contribution in [0.1, 0.15) is 22.3 Å². The van der Waals surface area contributed by atoms with Gasteiger partial charge in [-0.25, -0.2) is 0 Å². The van der Waals surface area contributed by atoms with Gasteiger partial charge in [-0.1, -0.05) is 49.6 Å². The van der Waals surface area contributed by atoms with E-state index in [1.165, 1.54) is 48.6 Å². The second-order valence-electron chi connectivity index (χ2n) is 5.27. The van der Waals surface area contributed by atoms with Crippen molar-refractivity contribution in [2.45, 2.75) is 16.2 Å². The molecule has 0 spiro atoms. The Bertz CT molecular complexity index is 965. The van der Waals surface area contributed by atoms with Gasteiger partial charge in [-0.15, -0.1) is 0 Å². The summed E-state index contributed by atoms with van der Waals surface area (Å²) in [5.74, 6) is 0. The molecule has 8 heteroatoms. The fraction of sp³-hybridized carbons (Fsp3) is 0.0588. The molecule has 0 heterocycles. The zero-order valence-corrected chi connectivity index (χ0v) is 14.7. The van der Waals surface area contributed by atoms with E-state index in [4.69, 9.17) is 0 Å². The van der Waals surface area contributed by atoms with Crippen molar-refractivity contribution < 1.29 is 25.9 Å². The molecule has 0 bridgehead atoms. The molecule has 6 nitrogen and oxygen atoms in total. The maximum Gasteiger partial charge on any atom is 0.294 e. The smallest absolute Gasteiger partial charge is 0.282 e. The first kappa shape index (κ1) is 19.1. The molecule has 0 unspecified atom stereocenters. The van der Waals surface area contributed by atoms with Gasteiger partial charge >= 0.3 is 0 Å². The number of benzene rings is 2. The van der Waals surface area contributed by atoms with Crippen LogP contribution in [0.5, 0.6) is 0 Å². The minimum atomic E-state index is -4.51. The van der Waals surface area contributed by atoms with Crippen molar-refractivity contribution in [1.29, 1.82) is 0 Å². The molecule has 2 N–H and O–H groups in total. The highest BCUT2D eigenvalue weighted by atomic mass is 32.2. The molecule has 0 radical (unpaired) electrons. The Morgan fingerprint density at radius 1 is 0.760 bits per heavy atom. The van der Waals surface area contributed by atoms with E-state index >= 15 is 0 Å². The lowest BCUT2D eigenvalue weighted by molar-refractivity contribution is 0.481. The zero-order valence-electron chi connectivity index (χ0n) is 13.1. The Labute approximate surface area is 146 Å². The van der Waals surface area contributed by atoms with Crippen LogP contribution in [0.25, 0.3) is 12.2 Å². The van der Waals surface area contributed by atoms with Gasteiger partial charge in [0.25, 0.3) is 20.2 Å². The molecular weight excluding hydrogens is 364 g/mol. The molecule has 2 aromatic carbocycles. The van der Waals surface area contributed by atoms with Crippen LogP contribution in [0.3, 0.4) is 0 Å². The molecule has 2 aromatic rings. The molecule has 0 aliphatic heterocycles. The molecule has 0 aromatic heterocycles. The first-order valence-corrected chi connectivity index (χ1v) is 9.90. The third-order valence-corrected chi connectivity index (χ3v) is 5.49. The highest BCUT2D eigenvalue weighted by Crippen LogP contribution is 2.26. The van der Waals surface area contributed by atoms with Gasteiger partial charge in [0, 0.05) is 6.42 Å². The zero-order chi connectivity index (χ0) is 18.8. The summed E-state index contributed by atoms with van der Waals surface area (Å²) in [7, 11) is -9.02. The van der Waals surface area contributed by atoms with Gasteiger partial charge in [0.1, 0.15) is 0 Å². The quantitative estimate of drug-likeness (QED) is 0.746. The van der Waals surface area contributed by atoms with Crippen LogP contribution in [-0.2, 0) is 26.7 Å². The highest BCUT2D eigenvalue weighted by Gasteiger charge is 2.20. The average Bonchev–Trinajstić information content (AvgIpc) is 2.52. The van der Waals surface area contributed by atoms with E-state index in [2.05, 4.69) is 13.2 Å². The first-order chi connectivity index (χ1) is 11.6. The Morgan fingerprint density at radius 2 is 1.12 bits per heavy atom. The summed E-state index contributed by atoms with van der Waals surface area (Å²) in [5.41, 5.74) is 1.53. The first-order valence-electron chi connectivity index (χ1n) is 7.02. The maximum absolute atomic E-state index is 11.6.